The Balaban J connectivity index is 2.66. The first-order valence-electron chi connectivity index (χ1n) is 7.21. The van der Waals surface area contributed by atoms with E-state index in [4.69, 9.17) is 9.84 Å². The van der Waals surface area contributed by atoms with Gasteiger partial charge in [-0.3, -0.25) is 0 Å². The van der Waals surface area contributed by atoms with Gasteiger partial charge in [0.05, 0.1) is 11.5 Å². The first kappa shape index (κ1) is 17.9. The second kappa shape index (κ2) is 8.36. The number of hydrogen-bond acceptors (Lipinski definition) is 4. The third kappa shape index (κ3) is 6.46. The topological polar surface area (TPSA) is 75.6 Å². The molecule has 120 valence electrons. The molecule has 0 heterocycles. The molecule has 0 radical (unpaired) electrons. The van der Waals surface area contributed by atoms with E-state index in [2.05, 4.69) is 18.6 Å². The van der Waals surface area contributed by atoms with Crippen molar-refractivity contribution in [1.82, 2.24) is 4.72 Å². The van der Waals surface area contributed by atoms with Crippen LogP contribution in [0.5, 0.6) is 5.75 Å². The van der Waals surface area contributed by atoms with E-state index in [0.717, 1.165) is 0 Å². The lowest BCUT2D eigenvalue weighted by molar-refractivity contribution is 0.271. The lowest BCUT2D eigenvalue weighted by Crippen LogP contribution is -2.32. The molecule has 1 aromatic rings. The predicted octanol–water partition coefficient (Wildman–Crippen LogP) is 2.16. The maximum atomic E-state index is 12.2. The highest BCUT2D eigenvalue weighted by atomic mass is 32.2. The van der Waals surface area contributed by atoms with Crippen LogP contribution in [0, 0.1) is 5.92 Å². The molecule has 21 heavy (non-hydrogen) atoms. The Bertz CT molecular complexity index is 511. The van der Waals surface area contributed by atoms with Crippen LogP contribution in [0.25, 0.3) is 0 Å². The molecule has 1 atom stereocenters. The number of rotatable bonds is 9. The van der Waals surface area contributed by atoms with E-state index in [1.54, 1.807) is 19.1 Å². The lowest BCUT2D eigenvalue weighted by Gasteiger charge is -2.14. The highest BCUT2D eigenvalue weighted by Crippen LogP contribution is 2.17. The van der Waals surface area contributed by atoms with Gasteiger partial charge in [0.2, 0.25) is 10.0 Å². The molecule has 0 aliphatic heterocycles. The normalized spacial score (nSPS) is 13.4. The van der Waals surface area contributed by atoms with Gasteiger partial charge < -0.3 is 9.84 Å². The number of aliphatic hydroxyl groups excluding tert-OH is 1. The van der Waals surface area contributed by atoms with Crippen LogP contribution < -0.4 is 9.46 Å². The number of hydrogen-bond donors (Lipinski definition) is 2. The zero-order valence-electron chi connectivity index (χ0n) is 12.9. The summed E-state index contributed by atoms with van der Waals surface area (Å²) in [5, 5.41) is 8.76. The van der Waals surface area contributed by atoms with Crippen LogP contribution >= 0.6 is 0 Å². The summed E-state index contributed by atoms with van der Waals surface area (Å²) in [4.78, 5) is 0.218. The summed E-state index contributed by atoms with van der Waals surface area (Å²) >= 11 is 0. The van der Waals surface area contributed by atoms with E-state index in [-0.39, 0.29) is 17.5 Å². The molecule has 0 saturated heterocycles. The summed E-state index contributed by atoms with van der Waals surface area (Å²) < 4.78 is 32.5. The van der Waals surface area contributed by atoms with Gasteiger partial charge >= 0.3 is 0 Å². The van der Waals surface area contributed by atoms with Crippen LogP contribution in [0.1, 0.15) is 33.6 Å². The summed E-state index contributed by atoms with van der Waals surface area (Å²) in [6.45, 7) is 6.55. The minimum Gasteiger partial charge on any atom is -0.493 e. The Hall–Kier alpha value is -1.11. The Labute approximate surface area is 127 Å². The molecule has 6 heteroatoms. The number of nitrogens with one attached hydrogen (secondary N) is 1. The molecule has 1 aromatic carbocycles. The Morgan fingerprint density at radius 2 is 1.81 bits per heavy atom. The maximum Gasteiger partial charge on any atom is 0.240 e. The van der Waals surface area contributed by atoms with Gasteiger partial charge in [0.25, 0.3) is 0 Å². The van der Waals surface area contributed by atoms with Gasteiger partial charge in [-0.05, 0) is 49.9 Å². The van der Waals surface area contributed by atoms with Crippen molar-refractivity contribution in [1.29, 1.82) is 0 Å². The Morgan fingerprint density at radius 3 is 2.33 bits per heavy atom. The van der Waals surface area contributed by atoms with Crippen molar-refractivity contribution in [3.8, 4) is 5.75 Å². The van der Waals surface area contributed by atoms with Crippen LogP contribution in [0.4, 0.5) is 0 Å². The monoisotopic (exact) mass is 315 g/mol. The first-order chi connectivity index (χ1) is 9.85. The van der Waals surface area contributed by atoms with Crippen molar-refractivity contribution in [2.24, 2.45) is 5.92 Å². The molecule has 0 aromatic heterocycles. The molecule has 0 aliphatic rings. The van der Waals surface area contributed by atoms with E-state index in [1.807, 2.05) is 0 Å². The van der Waals surface area contributed by atoms with Crippen molar-refractivity contribution < 1.29 is 18.3 Å². The average Bonchev–Trinajstić information content (AvgIpc) is 2.43. The summed E-state index contributed by atoms with van der Waals surface area (Å²) in [5.74, 6) is 1.08. The third-order valence-electron chi connectivity index (χ3n) is 2.87. The number of aliphatic hydroxyl groups is 1. The second-order valence-corrected chi connectivity index (χ2v) is 7.28. The quantitative estimate of drug-likeness (QED) is 0.732. The lowest BCUT2D eigenvalue weighted by atomic mass is 10.2. The molecule has 1 rings (SSSR count). The van der Waals surface area contributed by atoms with Crippen LogP contribution in [0.3, 0.4) is 0 Å². The minimum atomic E-state index is -3.53. The van der Waals surface area contributed by atoms with E-state index in [0.29, 0.717) is 31.1 Å². The minimum absolute atomic E-state index is 0.0634. The molecular formula is C15H25NO4S. The molecule has 0 spiro atoms. The van der Waals surface area contributed by atoms with Crippen molar-refractivity contribution in [3.63, 3.8) is 0 Å². The van der Waals surface area contributed by atoms with E-state index >= 15 is 0 Å². The fourth-order valence-electron chi connectivity index (χ4n) is 1.77. The van der Waals surface area contributed by atoms with Crippen molar-refractivity contribution in [3.05, 3.63) is 24.3 Å². The number of benzene rings is 1. The van der Waals surface area contributed by atoms with Gasteiger partial charge in [-0.2, -0.15) is 0 Å². The highest BCUT2D eigenvalue weighted by molar-refractivity contribution is 7.89. The molecule has 0 saturated carbocycles. The van der Waals surface area contributed by atoms with Gasteiger partial charge in [-0.25, -0.2) is 13.1 Å². The molecular weight excluding hydrogens is 290 g/mol. The van der Waals surface area contributed by atoms with Crippen LogP contribution in [-0.4, -0.2) is 32.8 Å². The second-order valence-electron chi connectivity index (χ2n) is 5.56. The third-order valence-corrected chi connectivity index (χ3v) is 4.47. The first-order valence-corrected chi connectivity index (χ1v) is 8.69. The Morgan fingerprint density at radius 1 is 1.19 bits per heavy atom. The van der Waals surface area contributed by atoms with Gasteiger partial charge in [0.1, 0.15) is 5.75 Å². The molecule has 0 bridgehead atoms. The molecule has 0 amide bonds. The van der Waals surface area contributed by atoms with Gasteiger partial charge in [-0.1, -0.05) is 13.8 Å². The molecule has 1 unspecified atom stereocenters. The number of ether oxygens (including phenoxy) is 1. The van der Waals surface area contributed by atoms with E-state index in [1.165, 1.54) is 12.1 Å². The van der Waals surface area contributed by atoms with Crippen LogP contribution in [0.2, 0.25) is 0 Å². The largest absolute Gasteiger partial charge is 0.493 e. The molecule has 2 N–H and O–H groups in total. The summed E-state index contributed by atoms with van der Waals surface area (Å²) in [5.41, 5.74) is 0. The van der Waals surface area contributed by atoms with Crippen molar-refractivity contribution in [2.75, 3.05) is 13.2 Å². The predicted molar refractivity (Wildman–Crippen MR) is 82.9 cm³/mol. The zero-order chi connectivity index (χ0) is 15.9. The fourth-order valence-corrected chi connectivity index (χ4v) is 3.05. The van der Waals surface area contributed by atoms with Gasteiger partial charge in [0.15, 0.2) is 0 Å². The van der Waals surface area contributed by atoms with Crippen LogP contribution in [-0.2, 0) is 10.0 Å². The summed E-state index contributed by atoms with van der Waals surface area (Å²) in [6.07, 6.45) is 1.18. The maximum absolute atomic E-state index is 12.2. The van der Waals surface area contributed by atoms with E-state index < -0.39 is 10.0 Å². The average molecular weight is 315 g/mol. The van der Waals surface area contributed by atoms with Gasteiger partial charge in [-0.15, -0.1) is 0 Å². The SMILES string of the molecule is CC(C)COc1ccc(S(=O)(=O)NC(C)CCCO)cc1. The van der Waals surface area contributed by atoms with Crippen molar-refractivity contribution in [2.45, 2.75) is 44.6 Å². The molecule has 5 nitrogen and oxygen atoms in total. The van der Waals surface area contributed by atoms with Gasteiger partial charge in [0, 0.05) is 12.6 Å². The Kier molecular flexibility index (Phi) is 7.14. The smallest absolute Gasteiger partial charge is 0.240 e. The van der Waals surface area contributed by atoms with E-state index in [9.17, 15) is 8.42 Å². The summed E-state index contributed by atoms with van der Waals surface area (Å²) in [7, 11) is -3.53. The summed E-state index contributed by atoms with van der Waals surface area (Å²) in [6, 6.07) is 6.19. The molecule has 0 fully saturated rings. The zero-order valence-corrected chi connectivity index (χ0v) is 13.7. The van der Waals surface area contributed by atoms with Crippen LogP contribution in [0.15, 0.2) is 29.2 Å². The number of sulfonamides is 1. The van der Waals surface area contributed by atoms with Crippen molar-refractivity contribution >= 4 is 10.0 Å². The standard InChI is InChI=1S/C15H25NO4S/c1-12(2)11-20-14-6-8-15(9-7-14)21(18,19)16-13(3)5-4-10-17/h6-9,12-13,16-17H,4-5,10-11H2,1-3H3. The highest BCUT2D eigenvalue weighted by Gasteiger charge is 2.17. The molecule has 0 aliphatic carbocycles. The fraction of sp³-hybridized carbons (Fsp3) is 0.600.